The molecule has 1 saturated heterocycles. The molecule has 0 aromatic carbocycles. The third-order valence-corrected chi connectivity index (χ3v) is 4.78. The number of nitrogens with two attached hydrogens (primary N) is 1. The molecule has 1 amide bonds. The summed E-state index contributed by atoms with van der Waals surface area (Å²) in [6.45, 7) is 1.31. The third-order valence-electron chi connectivity index (χ3n) is 4.78. The van der Waals surface area contributed by atoms with E-state index in [1.165, 1.54) is 12.4 Å². The van der Waals surface area contributed by atoms with Crippen molar-refractivity contribution in [3.63, 3.8) is 0 Å². The van der Waals surface area contributed by atoms with Crippen molar-refractivity contribution in [2.45, 2.75) is 19.3 Å². The molecule has 3 aromatic rings. The zero-order chi connectivity index (χ0) is 19.0. The van der Waals surface area contributed by atoms with E-state index in [0.29, 0.717) is 23.6 Å². The monoisotopic (exact) mass is 372 g/mol. The zero-order valence-electron chi connectivity index (χ0n) is 14.4. The molecule has 1 aliphatic heterocycles. The number of amides is 1. The number of hydrogen-bond donors (Lipinski definition) is 1. The number of carbonyl (C=O) groups is 1. The van der Waals surface area contributed by atoms with Crippen molar-refractivity contribution in [2.24, 2.45) is 11.7 Å². The lowest BCUT2D eigenvalue weighted by atomic mass is 9.97. The van der Waals surface area contributed by atoms with Gasteiger partial charge in [0.05, 0.1) is 29.7 Å². The Bertz CT molecular complexity index is 989. The molecular formula is C18H18F2N6O. The van der Waals surface area contributed by atoms with E-state index in [1.807, 2.05) is 17.0 Å². The van der Waals surface area contributed by atoms with E-state index < -0.39 is 6.43 Å². The smallest absolute Gasteiger partial charge is 0.281 e. The number of piperidine rings is 1. The lowest BCUT2D eigenvalue weighted by Gasteiger charge is -2.32. The second-order valence-corrected chi connectivity index (χ2v) is 6.55. The van der Waals surface area contributed by atoms with Crippen LogP contribution in [0.4, 0.5) is 14.6 Å². The number of anilines is 1. The predicted octanol–water partition coefficient (Wildman–Crippen LogP) is 2.43. The van der Waals surface area contributed by atoms with Crippen LogP contribution < -0.4 is 10.6 Å². The highest BCUT2D eigenvalue weighted by molar-refractivity contribution is 5.77. The van der Waals surface area contributed by atoms with E-state index in [9.17, 15) is 13.6 Å². The summed E-state index contributed by atoms with van der Waals surface area (Å²) in [5, 5.41) is 0. The molecule has 0 saturated carbocycles. The number of hydrogen-bond acceptors (Lipinski definition) is 5. The molecule has 27 heavy (non-hydrogen) atoms. The minimum atomic E-state index is -2.66. The van der Waals surface area contributed by atoms with Crippen molar-refractivity contribution in [3.8, 4) is 11.4 Å². The average Bonchev–Trinajstić information content (AvgIpc) is 3.11. The van der Waals surface area contributed by atoms with Gasteiger partial charge in [-0.15, -0.1) is 0 Å². The van der Waals surface area contributed by atoms with Gasteiger partial charge in [-0.05, 0) is 25.0 Å². The SMILES string of the molecule is NC(=O)C1CCCN(c2cccc(-c3cnc4cnc(C(F)F)cn34)n2)C1. The number of primary amides is 1. The molecule has 0 aliphatic carbocycles. The quantitative estimate of drug-likeness (QED) is 0.760. The summed E-state index contributed by atoms with van der Waals surface area (Å²) < 4.78 is 27.5. The lowest BCUT2D eigenvalue weighted by molar-refractivity contribution is -0.122. The molecule has 1 aliphatic rings. The number of aromatic nitrogens is 4. The Hall–Kier alpha value is -3.10. The van der Waals surface area contributed by atoms with E-state index in [-0.39, 0.29) is 17.5 Å². The van der Waals surface area contributed by atoms with Gasteiger partial charge < -0.3 is 10.6 Å². The van der Waals surface area contributed by atoms with E-state index in [4.69, 9.17) is 5.73 Å². The maximum Gasteiger partial charge on any atom is 0.281 e. The Morgan fingerprint density at radius 1 is 1.26 bits per heavy atom. The zero-order valence-corrected chi connectivity index (χ0v) is 14.4. The second-order valence-electron chi connectivity index (χ2n) is 6.55. The van der Waals surface area contributed by atoms with Gasteiger partial charge in [0, 0.05) is 19.3 Å². The summed E-state index contributed by atoms with van der Waals surface area (Å²) in [4.78, 5) is 26.1. The summed E-state index contributed by atoms with van der Waals surface area (Å²) in [5.74, 6) is 0.223. The predicted molar refractivity (Wildman–Crippen MR) is 95.3 cm³/mol. The van der Waals surface area contributed by atoms with Crippen LogP contribution in [0.15, 0.2) is 36.8 Å². The molecule has 1 fully saturated rings. The summed E-state index contributed by atoms with van der Waals surface area (Å²) in [5.41, 5.74) is 6.80. The van der Waals surface area contributed by atoms with Crippen LogP contribution in [0.3, 0.4) is 0 Å². The van der Waals surface area contributed by atoms with Crippen LogP contribution in [0.5, 0.6) is 0 Å². The molecule has 0 bridgehead atoms. The summed E-state index contributed by atoms with van der Waals surface area (Å²) in [6.07, 6.45) is 3.15. The Labute approximate surface area is 153 Å². The molecule has 3 aromatic heterocycles. The first kappa shape index (κ1) is 17.3. The molecule has 2 N–H and O–H groups in total. The minimum absolute atomic E-state index is 0.195. The first-order valence-electron chi connectivity index (χ1n) is 8.66. The van der Waals surface area contributed by atoms with Gasteiger partial charge >= 0.3 is 0 Å². The molecule has 0 radical (unpaired) electrons. The number of imidazole rings is 1. The van der Waals surface area contributed by atoms with Crippen molar-refractivity contribution in [2.75, 3.05) is 18.0 Å². The first-order valence-corrected chi connectivity index (χ1v) is 8.66. The lowest BCUT2D eigenvalue weighted by Crippen LogP contribution is -2.41. The molecule has 7 nitrogen and oxygen atoms in total. The normalized spacial score (nSPS) is 17.6. The van der Waals surface area contributed by atoms with Gasteiger partial charge in [-0.2, -0.15) is 0 Å². The first-order chi connectivity index (χ1) is 13.0. The van der Waals surface area contributed by atoms with Crippen LogP contribution in [-0.4, -0.2) is 38.3 Å². The van der Waals surface area contributed by atoms with Crippen LogP contribution in [0.2, 0.25) is 0 Å². The third kappa shape index (κ3) is 3.32. The van der Waals surface area contributed by atoms with Gasteiger partial charge in [0.15, 0.2) is 5.65 Å². The number of carbonyl (C=O) groups excluding carboxylic acids is 1. The fourth-order valence-electron chi connectivity index (χ4n) is 3.37. The van der Waals surface area contributed by atoms with Crippen LogP contribution in [0.25, 0.3) is 17.0 Å². The van der Waals surface area contributed by atoms with Gasteiger partial charge in [0.25, 0.3) is 6.43 Å². The molecule has 1 atom stereocenters. The Balaban J connectivity index is 1.69. The van der Waals surface area contributed by atoms with Crippen molar-refractivity contribution in [3.05, 3.63) is 42.5 Å². The van der Waals surface area contributed by atoms with Crippen LogP contribution in [0.1, 0.15) is 25.0 Å². The fourth-order valence-corrected chi connectivity index (χ4v) is 3.37. The highest BCUT2D eigenvalue weighted by Crippen LogP contribution is 2.26. The topological polar surface area (TPSA) is 89.4 Å². The van der Waals surface area contributed by atoms with Crippen LogP contribution in [-0.2, 0) is 4.79 Å². The van der Waals surface area contributed by atoms with Gasteiger partial charge in [0.1, 0.15) is 11.5 Å². The summed E-state index contributed by atoms with van der Waals surface area (Å²) in [6, 6.07) is 5.51. The number of halogens is 2. The number of pyridine rings is 1. The van der Waals surface area contributed by atoms with Gasteiger partial charge in [-0.25, -0.2) is 23.7 Å². The molecule has 140 valence electrons. The summed E-state index contributed by atoms with van der Waals surface area (Å²) in [7, 11) is 0. The number of nitrogens with zero attached hydrogens (tertiary/aromatic N) is 5. The molecule has 4 rings (SSSR count). The Morgan fingerprint density at radius 3 is 2.89 bits per heavy atom. The Morgan fingerprint density at radius 2 is 2.11 bits per heavy atom. The van der Waals surface area contributed by atoms with E-state index in [2.05, 4.69) is 15.0 Å². The number of fused-ring (bicyclic) bond motifs is 1. The Kier molecular flexibility index (Phi) is 4.43. The highest BCUT2D eigenvalue weighted by Gasteiger charge is 2.25. The number of alkyl halides is 2. The van der Waals surface area contributed by atoms with E-state index >= 15 is 0 Å². The van der Waals surface area contributed by atoms with Crippen LogP contribution in [0, 0.1) is 5.92 Å². The van der Waals surface area contributed by atoms with E-state index in [0.717, 1.165) is 25.2 Å². The highest BCUT2D eigenvalue weighted by atomic mass is 19.3. The number of rotatable bonds is 4. The van der Waals surface area contributed by atoms with Crippen molar-refractivity contribution >= 4 is 17.4 Å². The standard InChI is InChI=1S/C18H18F2N6O/c19-17(20)13-10-26-14(7-23-16(26)8-22-13)12-4-1-5-15(24-12)25-6-2-3-11(9-25)18(21)27/h1,4-5,7-8,10-11,17H,2-3,6,9H2,(H2,21,27). The average molecular weight is 372 g/mol. The van der Waals surface area contributed by atoms with Crippen molar-refractivity contribution in [1.29, 1.82) is 0 Å². The van der Waals surface area contributed by atoms with Gasteiger partial charge in [-0.1, -0.05) is 6.07 Å². The van der Waals surface area contributed by atoms with E-state index in [1.54, 1.807) is 16.7 Å². The fraction of sp³-hybridized carbons (Fsp3) is 0.333. The molecule has 0 spiro atoms. The summed E-state index contributed by atoms with van der Waals surface area (Å²) >= 11 is 0. The largest absolute Gasteiger partial charge is 0.369 e. The molecule has 1 unspecified atom stereocenters. The van der Waals surface area contributed by atoms with Crippen LogP contribution >= 0.6 is 0 Å². The van der Waals surface area contributed by atoms with Gasteiger partial charge in [0.2, 0.25) is 5.91 Å². The second kappa shape index (κ2) is 6.90. The van der Waals surface area contributed by atoms with Crippen molar-refractivity contribution < 1.29 is 13.6 Å². The molecule has 9 heteroatoms. The van der Waals surface area contributed by atoms with Crippen molar-refractivity contribution in [1.82, 2.24) is 19.4 Å². The maximum absolute atomic E-state index is 13.0. The molecular weight excluding hydrogens is 354 g/mol. The molecule has 4 heterocycles. The minimum Gasteiger partial charge on any atom is -0.369 e. The maximum atomic E-state index is 13.0. The van der Waals surface area contributed by atoms with Gasteiger partial charge in [-0.3, -0.25) is 9.20 Å².